The lowest BCUT2D eigenvalue weighted by atomic mass is 10.3. The summed E-state index contributed by atoms with van der Waals surface area (Å²) in [4.78, 5) is -0.771. The molecule has 2 aromatic carbocycles. The van der Waals surface area contributed by atoms with Gasteiger partial charge in [0.2, 0.25) is 34.8 Å². The number of hydrogen-bond donors (Lipinski definition) is 0. The van der Waals surface area contributed by atoms with Crippen LogP contribution in [0.3, 0.4) is 0 Å². The first-order chi connectivity index (χ1) is 10.6. The second-order valence-electron chi connectivity index (χ2n) is 4.01. The monoisotopic (exact) mass is 392 g/mol. The highest BCUT2D eigenvalue weighted by atomic mass is 35.5. The molecule has 0 aliphatic rings. The van der Waals surface area contributed by atoms with Gasteiger partial charge in [-0.3, -0.25) is 0 Å². The lowest BCUT2D eigenvalue weighted by Crippen LogP contribution is -2.14. The first-order valence-corrected chi connectivity index (χ1v) is 7.63. The molecule has 0 unspecified atom stereocenters. The van der Waals surface area contributed by atoms with Crippen LogP contribution in [-0.2, 0) is 10.1 Å². The highest BCUT2D eigenvalue weighted by Crippen LogP contribution is 2.33. The molecule has 0 saturated heterocycles. The van der Waals surface area contributed by atoms with E-state index in [1.54, 1.807) is 0 Å². The zero-order chi connectivity index (χ0) is 17.5. The third kappa shape index (κ3) is 3.22. The van der Waals surface area contributed by atoms with Crippen LogP contribution in [0.2, 0.25) is 10.0 Å². The van der Waals surface area contributed by atoms with Gasteiger partial charge in [-0.05, 0) is 18.2 Å². The Bertz CT molecular complexity index is 873. The molecule has 11 heteroatoms. The van der Waals surface area contributed by atoms with Gasteiger partial charge in [-0.1, -0.05) is 23.2 Å². The van der Waals surface area contributed by atoms with Crippen molar-refractivity contribution in [3.05, 3.63) is 57.3 Å². The van der Waals surface area contributed by atoms with E-state index in [1.165, 1.54) is 0 Å². The van der Waals surface area contributed by atoms with Crippen molar-refractivity contribution in [2.24, 2.45) is 0 Å². The van der Waals surface area contributed by atoms with Crippen LogP contribution in [-0.4, -0.2) is 8.42 Å². The zero-order valence-corrected chi connectivity index (χ0v) is 12.8. The molecule has 3 nitrogen and oxygen atoms in total. The molecule has 0 bridgehead atoms. The van der Waals surface area contributed by atoms with Crippen molar-refractivity contribution in [1.82, 2.24) is 0 Å². The standard InChI is InChI=1S/C12H3Cl2F5O3S/c13-4-1-2-6(5(14)3-4)23(20,21)22-12-10(18)8(16)7(15)9(17)11(12)19/h1-3H. The minimum Gasteiger partial charge on any atom is -0.372 e. The van der Waals surface area contributed by atoms with Crippen molar-refractivity contribution in [2.45, 2.75) is 4.90 Å². The van der Waals surface area contributed by atoms with Crippen LogP contribution >= 0.6 is 23.2 Å². The molecule has 124 valence electrons. The number of hydrogen-bond acceptors (Lipinski definition) is 3. The fourth-order valence-electron chi connectivity index (χ4n) is 1.49. The average Bonchev–Trinajstić information content (AvgIpc) is 2.47. The minimum atomic E-state index is -4.98. The molecule has 0 atom stereocenters. The van der Waals surface area contributed by atoms with Crippen LogP contribution in [0, 0.1) is 29.1 Å². The van der Waals surface area contributed by atoms with Gasteiger partial charge >= 0.3 is 10.1 Å². The van der Waals surface area contributed by atoms with E-state index in [2.05, 4.69) is 4.18 Å². The Balaban J connectivity index is 2.58. The molecular formula is C12H3Cl2F5O3S. The molecule has 0 heterocycles. The molecule has 0 aliphatic carbocycles. The van der Waals surface area contributed by atoms with Gasteiger partial charge in [-0.15, -0.1) is 0 Å². The van der Waals surface area contributed by atoms with Crippen LogP contribution < -0.4 is 4.18 Å². The molecule has 0 saturated carbocycles. The van der Waals surface area contributed by atoms with E-state index in [9.17, 15) is 30.4 Å². The lowest BCUT2D eigenvalue weighted by molar-refractivity contribution is 0.346. The predicted molar refractivity (Wildman–Crippen MR) is 70.5 cm³/mol. The van der Waals surface area contributed by atoms with Crippen LogP contribution in [0.4, 0.5) is 22.0 Å². The lowest BCUT2D eigenvalue weighted by Gasteiger charge is -2.11. The fourth-order valence-corrected chi connectivity index (χ4v) is 3.17. The Morgan fingerprint density at radius 2 is 1.30 bits per heavy atom. The molecule has 23 heavy (non-hydrogen) atoms. The van der Waals surface area contributed by atoms with E-state index < -0.39 is 54.9 Å². The molecule has 0 radical (unpaired) electrons. The van der Waals surface area contributed by atoms with Crippen molar-refractivity contribution < 1.29 is 34.6 Å². The summed E-state index contributed by atoms with van der Waals surface area (Å²) in [5.74, 6) is -14.0. The SMILES string of the molecule is O=S(=O)(Oc1c(F)c(F)c(F)c(F)c1F)c1ccc(Cl)cc1Cl. The van der Waals surface area contributed by atoms with E-state index >= 15 is 0 Å². The summed E-state index contributed by atoms with van der Waals surface area (Å²) in [7, 11) is -4.98. The van der Waals surface area contributed by atoms with E-state index in [4.69, 9.17) is 23.2 Å². The minimum absolute atomic E-state index is 0.0465. The third-order valence-electron chi connectivity index (χ3n) is 2.53. The molecule has 0 aromatic heterocycles. The third-order valence-corrected chi connectivity index (χ3v) is 4.47. The van der Waals surface area contributed by atoms with E-state index in [-0.39, 0.29) is 5.02 Å². The first-order valence-electron chi connectivity index (χ1n) is 5.47. The average molecular weight is 393 g/mol. The van der Waals surface area contributed by atoms with Crippen molar-refractivity contribution in [1.29, 1.82) is 0 Å². The van der Waals surface area contributed by atoms with Crippen LogP contribution in [0.1, 0.15) is 0 Å². The Labute approximate surface area is 136 Å². The Morgan fingerprint density at radius 1 is 0.826 bits per heavy atom. The van der Waals surface area contributed by atoms with Gasteiger partial charge in [0.15, 0.2) is 0 Å². The van der Waals surface area contributed by atoms with Gasteiger partial charge in [0.1, 0.15) is 4.90 Å². The Morgan fingerprint density at radius 3 is 1.78 bits per heavy atom. The van der Waals surface area contributed by atoms with Gasteiger partial charge in [0.05, 0.1) is 5.02 Å². The second kappa shape index (κ2) is 6.14. The second-order valence-corrected chi connectivity index (χ2v) is 6.37. The highest BCUT2D eigenvalue weighted by molar-refractivity contribution is 7.87. The van der Waals surface area contributed by atoms with Crippen LogP contribution in [0.5, 0.6) is 5.75 Å². The summed E-state index contributed by atoms with van der Waals surface area (Å²) in [6.07, 6.45) is 0. The summed E-state index contributed by atoms with van der Waals surface area (Å²) < 4.78 is 93.7. The Kier molecular flexibility index (Phi) is 4.74. The van der Waals surface area contributed by atoms with Gasteiger partial charge in [-0.2, -0.15) is 17.2 Å². The molecule has 2 rings (SSSR count). The van der Waals surface area contributed by atoms with Gasteiger partial charge in [0, 0.05) is 5.02 Å². The first kappa shape index (κ1) is 17.8. The maximum Gasteiger partial charge on any atom is 0.340 e. The molecule has 0 N–H and O–H groups in total. The van der Waals surface area contributed by atoms with Crippen LogP contribution in [0.25, 0.3) is 0 Å². The fraction of sp³-hybridized carbons (Fsp3) is 0. The molecule has 0 fully saturated rings. The van der Waals surface area contributed by atoms with Crippen LogP contribution in [0.15, 0.2) is 23.1 Å². The maximum absolute atomic E-state index is 13.4. The maximum atomic E-state index is 13.4. The summed E-state index contributed by atoms with van der Waals surface area (Å²) in [6, 6.07) is 2.90. The van der Waals surface area contributed by atoms with E-state index in [1.807, 2.05) is 0 Å². The van der Waals surface area contributed by atoms with Crippen molar-refractivity contribution in [3.8, 4) is 5.75 Å². The number of halogens is 7. The molecule has 0 spiro atoms. The Hall–Kier alpha value is -1.58. The van der Waals surface area contributed by atoms with Crippen molar-refractivity contribution >= 4 is 33.3 Å². The predicted octanol–water partition coefficient (Wildman–Crippen LogP) is 4.46. The summed E-state index contributed by atoms with van der Waals surface area (Å²) in [6.45, 7) is 0. The topological polar surface area (TPSA) is 43.4 Å². The molecule has 2 aromatic rings. The highest BCUT2D eigenvalue weighted by Gasteiger charge is 2.31. The largest absolute Gasteiger partial charge is 0.372 e. The zero-order valence-electron chi connectivity index (χ0n) is 10.5. The van der Waals surface area contributed by atoms with E-state index in [0.29, 0.717) is 0 Å². The quantitative estimate of drug-likeness (QED) is 0.335. The normalized spacial score (nSPS) is 11.6. The summed E-state index contributed by atoms with van der Waals surface area (Å²) in [5.41, 5.74) is 0. The van der Waals surface area contributed by atoms with Crippen molar-refractivity contribution in [3.63, 3.8) is 0 Å². The number of benzene rings is 2. The van der Waals surface area contributed by atoms with Gasteiger partial charge < -0.3 is 4.18 Å². The molecular weight excluding hydrogens is 390 g/mol. The summed E-state index contributed by atoms with van der Waals surface area (Å²) in [5, 5.41) is -0.424. The molecule has 0 amide bonds. The van der Waals surface area contributed by atoms with Gasteiger partial charge in [-0.25, -0.2) is 13.2 Å². The van der Waals surface area contributed by atoms with E-state index in [0.717, 1.165) is 18.2 Å². The van der Waals surface area contributed by atoms with Crippen molar-refractivity contribution in [2.75, 3.05) is 0 Å². The number of rotatable bonds is 3. The summed E-state index contributed by atoms with van der Waals surface area (Å²) >= 11 is 11.2. The molecule has 0 aliphatic heterocycles. The van der Waals surface area contributed by atoms with Gasteiger partial charge in [0.25, 0.3) is 0 Å². The smallest absolute Gasteiger partial charge is 0.340 e.